The van der Waals surface area contributed by atoms with Gasteiger partial charge in [0.2, 0.25) is 5.95 Å². The predicted molar refractivity (Wildman–Crippen MR) is 152 cm³/mol. The van der Waals surface area contributed by atoms with Crippen molar-refractivity contribution in [3.05, 3.63) is 100.0 Å². The molecular weight excluding hydrogens is 519 g/mol. The number of carboxylic acid groups (broad SMARTS) is 1. The van der Waals surface area contributed by atoms with Crippen LogP contribution in [0, 0.1) is 5.82 Å². The van der Waals surface area contributed by atoms with Crippen LogP contribution in [0.2, 0.25) is 5.02 Å². The lowest BCUT2D eigenvalue weighted by Gasteiger charge is -2.24. The SMILES string of the molecule is CNCCN(C)c1cccc(F)c1C1=NCc2cnc(Nc3ccc(C(=O)O)cc3)nc2-c2ccc(Cl)cc21. The first-order chi connectivity index (χ1) is 18.9. The lowest BCUT2D eigenvalue weighted by atomic mass is 9.94. The first kappa shape index (κ1) is 26.3. The second kappa shape index (κ2) is 11.2. The highest BCUT2D eigenvalue weighted by Crippen LogP contribution is 2.36. The van der Waals surface area contributed by atoms with Gasteiger partial charge in [0.15, 0.2) is 0 Å². The molecule has 0 atom stereocenters. The summed E-state index contributed by atoms with van der Waals surface area (Å²) in [7, 11) is 3.80. The molecule has 10 heteroatoms. The number of carboxylic acids is 1. The third kappa shape index (κ3) is 5.45. The average Bonchev–Trinajstić information content (AvgIpc) is 3.08. The molecule has 0 spiro atoms. The number of nitrogens with one attached hydrogen (secondary N) is 2. The van der Waals surface area contributed by atoms with Crippen LogP contribution in [-0.2, 0) is 6.54 Å². The first-order valence-corrected chi connectivity index (χ1v) is 12.7. The molecule has 8 nitrogen and oxygen atoms in total. The summed E-state index contributed by atoms with van der Waals surface area (Å²) in [6, 6.07) is 16.7. The topological polar surface area (TPSA) is 103 Å². The normalized spacial score (nSPS) is 12.2. The van der Waals surface area contributed by atoms with Gasteiger partial charge in [-0.05, 0) is 55.6 Å². The molecule has 198 valence electrons. The first-order valence-electron chi connectivity index (χ1n) is 12.3. The van der Waals surface area contributed by atoms with E-state index in [9.17, 15) is 4.79 Å². The summed E-state index contributed by atoms with van der Waals surface area (Å²) in [6.45, 7) is 1.66. The summed E-state index contributed by atoms with van der Waals surface area (Å²) >= 11 is 6.44. The van der Waals surface area contributed by atoms with Crippen LogP contribution in [-0.4, -0.2) is 53.9 Å². The Hall–Kier alpha value is -4.34. The van der Waals surface area contributed by atoms with E-state index < -0.39 is 5.97 Å². The van der Waals surface area contributed by atoms with Crippen LogP contribution in [0.3, 0.4) is 0 Å². The molecule has 0 saturated carbocycles. The van der Waals surface area contributed by atoms with E-state index in [0.29, 0.717) is 45.7 Å². The Balaban J connectivity index is 1.58. The number of hydrogen-bond acceptors (Lipinski definition) is 7. The van der Waals surface area contributed by atoms with Gasteiger partial charge in [0.25, 0.3) is 0 Å². The van der Waals surface area contributed by atoms with E-state index in [-0.39, 0.29) is 17.9 Å². The fraction of sp³-hybridized carbons (Fsp3) is 0.172. The highest BCUT2D eigenvalue weighted by atomic mass is 35.5. The van der Waals surface area contributed by atoms with E-state index in [1.165, 1.54) is 18.2 Å². The Labute approximate surface area is 230 Å². The third-order valence-electron chi connectivity index (χ3n) is 6.49. The summed E-state index contributed by atoms with van der Waals surface area (Å²) in [4.78, 5) is 27.3. The molecule has 0 amide bonds. The van der Waals surface area contributed by atoms with Crippen molar-refractivity contribution in [3.63, 3.8) is 0 Å². The van der Waals surface area contributed by atoms with Crippen LogP contribution in [0.25, 0.3) is 11.3 Å². The molecule has 5 rings (SSSR count). The van der Waals surface area contributed by atoms with Crippen LogP contribution in [0.4, 0.5) is 21.7 Å². The van der Waals surface area contributed by atoms with E-state index in [1.807, 2.05) is 31.1 Å². The summed E-state index contributed by atoms with van der Waals surface area (Å²) in [6.07, 6.45) is 1.70. The zero-order valence-electron chi connectivity index (χ0n) is 21.4. The van der Waals surface area contributed by atoms with Crippen molar-refractivity contribution < 1.29 is 14.3 Å². The number of rotatable bonds is 8. The van der Waals surface area contributed by atoms with Gasteiger partial charge in [-0.15, -0.1) is 0 Å². The number of benzene rings is 3. The van der Waals surface area contributed by atoms with Crippen LogP contribution < -0.4 is 15.5 Å². The molecule has 4 aromatic rings. The average molecular weight is 545 g/mol. The number of fused-ring (bicyclic) bond motifs is 3. The highest BCUT2D eigenvalue weighted by Gasteiger charge is 2.26. The van der Waals surface area contributed by atoms with E-state index in [1.54, 1.807) is 36.5 Å². The maximum Gasteiger partial charge on any atom is 0.335 e. The molecule has 2 heterocycles. The molecule has 39 heavy (non-hydrogen) atoms. The molecule has 1 aliphatic heterocycles. The number of likely N-dealkylation sites (N-methyl/N-ethyl adjacent to an activating group) is 2. The largest absolute Gasteiger partial charge is 0.478 e. The number of aliphatic imine (C=N–C) groups is 1. The molecule has 3 aromatic carbocycles. The fourth-order valence-electron chi connectivity index (χ4n) is 4.49. The summed E-state index contributed by atoms with van der Waals surface area (Å²) in [5.74, 6) is -1.04. The minimum atomic E-state index is -1.000. The van der Waals surface area contributed by atoms with Crippen molar-refractivity contribution in [1.29, 1.82) is 0 Å². The smallest absolute Gasteiger partial charge is 0.335 e. The molecule has 0 bridgehead atoms. The Morgan fingerprint density at radius 1 is 1.13 bits per heavy atom. The van der Waals surface area contributed by atoms with E-state index >= 15 is 4.39 Å². The third-order valence-corrected chi connectivity index (χ3v) is 6.72. The molecule has 3 N–H and O–H groups in total. The lowest BCUT2D eigenvalue weighted by molar-refractivity contribution is 0.0697. The number of carbonyl (C=O) groups is 1. The molecule has 0 aliphatic carbocycles. The number of anilines is 3. The summed E-state index contributed by atoms with van der Waals surface area (Å²) < 4.78 is 15.5. The number of halogens is 2. The Morgan fingerprint density at radius 3 is 2.67 bits per heavy atom. The van der Waals surface area contributed by atoms with Crippen LogP contribution in [0.15, 0.2) is 71.9 Å². The van der Waals surface area contributed by atoms with Gasteiger partial charge in [-0.3, -0.25) is 4.99 Å². The summed E-state index contributed by atoms with van der Waals surface area (Å²) in [5, 5.41) is 15.9. The minimum absolute atomic E-state index is 0.183. The second-order valence-electron chi connectivity index (χ2n) is 9.09. The van der Waals surface area contributed by atoms with Crippen LogP contribution in [0.1, 0.15) is 27.0 Å². The van der Waals surface area contributed by atoms with Gasteiger partial charge in [0, 0.05) is 59.4 Å². The maximum atomic E-state index is 15.5. The molecule has 0 radical (unpaired) electrons. The standard InChI is InChI=1S/C29H26ClFN6O2/c1-32-12-13-37(2)24-5-3-4-23(31)25(24)27-22-14-19(30)8-11-21(22)26-18(15-33-27)16-34-29(36-26)35-20-9-6-17(7-10-20)28(38)39/h3-11,14,16,32H,12-13,15H2,1-2H3,(H,38,39)(H,34,35,36). The predicted octanol–water partition coefficient (Wildman–Crippen LogP) is 5.38. The van der Waals surface area contributed by atoms with Gasteiger partial charge in [-0.25, -0.2) is 19.2 Å². The quantitative estimate of drug-likeness (QED) is 0.273. The Kier molecular flexibility index (Phi) is 7.53. The van der Waals surface area contributed by atoms with Gasteiger partial charge in [0.05, 0.1) is 29.1 Å². The molecule has 1 aliphatic rings. The van der Waals surface area contributed by atoms with Crippen LogP contribution >= 0.6 is 11.6 Å². The van der Waals surface area contributed by atoms with Gasteiger partial charge >= 0.3 is 5.97 Å². The zero-order valence-corrected chi connectivity index (χ0v) is 22.1. The number of aromatic carboxylic acids is 1. The maximum absolute atomic E-state index is 15.5. The minimum Gasteiger partial charge on any atom is -0.478 e. The van der Waals surface area contributed by atoms with Crippen molar-refractivity contribution >= 4 is 40.6 Å². The van der Waals surface area contributed by atoms with Gasteiger partial charge in [0.1, 0.15) is 5.82 Å². The molecule has 1 aromatic heterocycles. The Morgan fingerprint density at radius 2 is 1.92 bits per heavy atom. The second-order valence-corrected chi connectivity index (χ2v) is 9.53. The number of aromatic nitrogens is 2. The molecule has 0 unspecified atom stereocenters. The monoisotopic (exact) mass is 544 g/mol. The molecular formula is C29H26ClFN6O2. The van der Waals surface area contributed by atoms with Crippen molar-refractivity contribution in [2.75, 3.05) is 37.4 Å². The van der Waals surface area contributed by atoms with Gasteiger partial charge < -0.3 is 20.6 Å². The lowest BCUT2D eigenvalue weighted by Crippen LogP contribution is -2.29. The van der Waals surface area contributed by atoms with Crippen molar-refractivity contribution in [2.45, 2.75) is 6.54 Å². The molecule has 0 fully saturated rings. The zero-order chi connectivity index (χ0) is 27.5. The highest BCUT2D eigenvalue weighted by molar-refractivity contribution is 6.32. The van der Waals surface area contributed by atoms with Gasteiger partial charge in [-0.2, -0.15) is 0 Å². The number of nitrogens with zero attached hydrogens (tertiary/aromatic N) is 4. The van der Waals surface area contributed by atoms with Crippen LogP contribution in [0.5, 0.6) is 0 Å². The fourth-order valence-corrected chi connectivity index (χ4v) is 4.66. The van der Waals surface area contributed by atoms with Crippen molar-refractivity contribution in [1.82, 2.24) is 15.3 Å². The molecule has 0 saturated heterocycles. The Bertz CT molecular complexity index is 1580. The van der Waals surface area contributed by atoms with Crippen molar-refractivity contribution in [3.8, 4) is 11.3 Å². The summed E-state index contributed by atoms with van der Waals surface area (Å²) in [5.41, 5.74) is 5.30. The van der Waals surface area contributed by atoms with E-state index in [0.717, 1.165) is 23.4 Å². The van der Waals surface area contributed by atoms with E-state index in [2.05, 4.69) is 15.6 Å². The van der Waals surface area contributed by atoms with Crippen molar-refractivity contribution in [2.24, 2.45) is 4.99 Å². The number of hydrogen-bond donors (Lipinski definition) is 3. The van der Waals surface area contributed by atoms with Gasteiger partial charge in [-0.1, -0.05) is 23.7 Å². The van der Waals surface area contributed by atoms with E-state index in [4.69, 9.17) is 26.7 Å².